The minimum Gasteiger partial charge on any atom is -0.392 e. The molecule has 4 heteroatoms. The number of aromatic nitrogens is 1. The van der Waals surface area contributed by atoms with E-state index in [1.807, 2.05) is 11.6 Å². The van der Waals surface area contributed by atoms with E-state index in [1.54, 1.807) is 11.3 Å². The first-order valence-electron chi connectivity index (χ1n) is 6.13. The lowest BCUT2D eigenvalue weighted by Crippen LogP contribution is -2.47. The summed E-state index contributed by atoms with van der Waals surface area (Å²) in [7, 11) is 0. The fourth-order valence-electron chi connectivity index (χ4n) is 3.29. The molecule has 1 N–H and O–H groups in total. The van der Waals surface area contributed by atoms with Crippen molar-refractivity contribution in [2.45, 2.75) is 38.2 Å². The van der Waals surface area contributed by atoms with Gasteiger partial charge in [-0.1, -0.05) is 6.42 Å². The Balaban J connectivity index is 1.79. The molecule has 3 rings (SSSR count). The van der Waals surface area contributed by atoms with Gasteiger partial charge in [0.2, 0.25) is 0 Å². The number of nitrogens with zero attached hydrogens (tertiary/aromatic N) is 2. The molecule has 0 aromatic carbocycles. The maximum absolute atomic E-state index is 10.2. The van der Waals surface area contributed by atoms with Crippen LogP contribution in [0.5, 0.6) is 0 Å². The van der Waals surface area contributed by atoms with Crippen LogP contribution in [0.25, 0.3) is 0 Å². The molecule has 1 aromatic rings. The number of anilines is 1. The van der Waals surface area contributed by atoms with Gasteiger partial charge < -0.3 is 10.0 Å². The van der Waals surface area contributed by atoms with Crippen molar-refractivity contribution in [3.05, 3.63) is 11.6 Å². The molecule has 0 unspecified atom stereocenters. The lowest BCUT2D eigenvalue weighted by molar-refractivity contribution is 0.0409. The first-order chi connectivity index (χ1) is 7.80. The van der Waals surface area contributed by atoms with E-state index >= 15 is 0 Å². The summed E-state index contributed by atoms with van der Waals surface area (Å²) in [6, 6.07) is 0. The topological polar surface area (TPSA) is 36.4 Å². The van der Waals surface area contributed by atoms with Gasteiger partial charge in [0.05, 0.1) is 6.10 Å². The number of hydrogen-bond donors (Lipinski definition) is 1. The van der Waals surface area contributed by atoms with E-state index in [0.717, 1.165) is 24.6 Å². The molecule has 2 atom stereocenters. The summed E-state index contributed by atoms with van der Waals surface area (Å²) >= 11 is 1.71. The highest BCUT2D eigenvalue weighted by atomic mass is 32.1. The van der Waals surface area contributed by atoms with Crippen molar-refractivity contribution in [2.24, 2.45) is 5.41 Å². The van der Waals surface area contributed by atoms with E-state index in [0.29, 0.717) is 0 Å². The van der Waals surface area contributed by atoms with Crippen molar-refractivity contribution in [2.75, 3.05) is 18.0 Å². The second kappa shape index (κ2) is 4.00. The molecule has 1 aromatic heterocycles. The third-order valence-corrected chi connectivity index (χ3v) is 4.99. The van der Waals surface area contributed by atoms with Gasteiger partial charge in [0.25, 0.3) is 0 Å². The molecule has 2 fully saturated rings. The van der Waals surface area contributed by atoms with Crippen LogP contribution in [0.2, 0.25) is 0 Å². The largest absolute Gasteiger partial charge is 0.392 e. The number of hydrogen-bond acceptors (Lipinski definition) is 4. The van der Waals surface area contributed by atoms with E-state index in [-0.39, 0.29) is 11.5 Å². The number of thiazole rings is 1. The van der Waals surface area contributed by atoms with Crippen molar-refractivity contribution < 1.29 is 5.11 Å². The lowest BCUT2D eigenvalue weighted by atomic mass is 9.77. The summed E-state index contributed by atoms with van der Waals surface area (Å²) in [5.74, 6) is 0. The van der Waals surface area contributed by atoms with E-state index < -0.39 is 0 Å². The minimum absolute atomic E-state index is 0.0877. The molecular weight excluding hydrogens is 220 g/mol. The predicted octanol–water partition coefficient (Wildman–Crippen LogP) is 2.27. The predicted molar refractivity (Wildman–Crippen MR) is 65.9 cm³/mol. The van der Waals surface area contributed by atoms with Gasteiger partial charge >= 0.3 is 0 Å². The zero-order valence-corrected chi connectivity index (χ0v) is 10.2. The fourth-order valence-corrected chi connectivity index (χ4v) is 3.96. The molecule has 1 saturated carbocycles. The Morgan fingerprint density at radius 3 is 3.00 bits per heavy atom. The highest BCUT2D eigenvalue weighted by Gasteiger charge is 2.45. The van der Waals surface area contributed by atoms with Gasteiger partial charge in [-0.25, -0.2) is 4.98 Å². The molecule has 1 saturated heterocycles. The Labute approximate surface area is 100 Å². The standard InChI is InChI=1S/C12H18N2OS/c15-10-3-1-4-12(10)5-2-7-14(9-12)11-13-6-8-16-11/h6,8,10,15H,1-5,7,9H2/t10-,12-/m1/s1. The number of rotatable bonds is 1. The van der Waals surface area contributed by atoms with E-state index in [9.17, 15) is 5.11 Å². The zero-order valence-electron chi connectivity index (χ0n) is 9.43. The highest BCUT2D eigenvalue weighted by Crippen LogP contribution is 2.45. The van der Waals surface area contributed by atoms with Gasteiger partial charge in [0, 0.05) is 30.1 Å². The third kappa shape index (κ3) is 1.64. The van der Waals surface area contributed by atoms with Crippen LogP contribution in [0.4, 0.5) is 5.13 Å². The van der Waals surface area contributed by atoms with Gasteiger partial charge in [0.1, 0.15) is 0 Å². The summed E-state index contributed by atoms with van der Waals surface area (Å²) < 4.78 is 0. The molecular formula is C12H18N2OS. The number of piperidine rings is 1. The Morgan fingerprint density at radius 2 is 2.31 bits per heavy atom. The number of aliphatic hydroxyl groups is 1. The summed E-state index contributed by atoms with van der Waals surface area (Å²) in [5, 5.41) is 13.3. The van der Waals surface area contributed by atoms with Crippen LogP contribution in [-0.4, -0.2) is 29.3 Å². The monoisotopic (exact) mass is 238 g/mol. The van der Waals surface area contributed by atoms with Gasteiger partial charge in [0.15, 0.2) is 5.13 Å². The molecule has 3 nitrogen and oxygen atoms in total. The molecule has 16 heavy (non-hydrogen) atoms. The summed E-state index contributed by atoms with van der Waals surface area (Å²) in [5.41, 5.74) is 0.171. The molecule has 88 valence electrons. The van der Waals surface area contributed by atoms with Crippen LogP contribution in [-0.2, 0) is 0 Å². The van der Waals surface area contributed by atoms with Crippen LogP contribution in [0.3, 0.4) is 0 Å². The van der Waals surface area contributed by atoms with Gasteiger partial charge in [-0.15, -0.1) is 11.3 Å². The van der Waals surface area contributed by atoms with E-state index in [1.165, 1.54) is 25.7 Å². The first-order valence-corrected chi connectivity index (χ1v) is 7.01. The summed E-state index contributed by atoms with van der Waals surface area (Å²) in [4.78, 5) is 6.75. The maximum Gasteiger partial charge on any atom is 0.185 e. The second-order valence-corrected chi connectivity index (χ2v) is 5.98. The van der Waals surface area contributed by atoms with Crippen molar-refractivity contribution in [3.8, 4) is 0 Å². The second-order valence-electron chi connectivity index (χ2n) is 5.11. The zero-order chi connectivity index (χ0) is 11.0. The van der Waals surface area contributed by atoms with Crippen LogP contribution < -0.4 is 4.90 Å². The van der Waals surface area contributed by atoms with Crippen LogP contribution >= 0.6 is 11.3 Å². The summed E-state index contributed by atoms with van der Waals surface area (Å²) in [6.45, 7) is 2.10. The normalized spacial score (nSPS) is 34.8. The fraction of sp³-hybridized carbons (Fsp3) is 0.750. The van der Waals surface area contributed by atoms with Gasteiger partial charge in [-0.05, 0) is 25.7 Å². The van der Waals surface area contributed by atoms with Crippen molar-refractivity contribution in [1.82, 2.24) is 4.98 Å². The van der Waals surface area contributed by atoms with Crippen LogP contribution in [0.15, 0.2) is 11.6 Å². The van der Waals surface area contributed by atoms with Crippen molar-refractivity contribution in [1.29, 1.82) is 0 Å². The molecule has 0 amide bonds. The molecule has 0 radical (unpaired) electrons. The Bertz CT molecular complexity index is 354. The molecule has 0 bridgehead atoms. The average molecular weight is 238 g/mol. The van der Waals surface area contributed by atoms with Gasteiger partial charge in [-0.3, -0.25) is 0 Å². The van der Waals surface area contributed by atoms with Crippen molar-refractivity contribution in [3.63, 3.8) is 0 Å². The first kappa shape index (κ1) is 10.5. The van der Waals surface area contributed by atoms with E-state index in [4.69, 9.17) is 0 Å². The van der Waals surface area contributed by atoms with E-state index in [2.05, 4.69) is 9.88 Å². The summed E-state index contributed by atoms with van der Waals surface area (Å²) in [6.07, 6.45) is 7.53. The molecule has 1 aliphatic carbocycles. The number of aliphatic hydroxyl groups excluding tert-OH is 1. The Hall–Kier alpha value is -0.610. The minimum atomic E-state index is -0.0877. The maximum atomic E-state index is 10.2. The molecule has 1 spiro atoms. The third-order valence-electron chi connectivity index (χ3n) is 4.16. The Kier molecular flexibility index (Phi) is 2.64. The van der Waals surface area contributed by atoms with Crippen molar-refractivity contribution >= 4 is 16.5 Å². The SMILES string of the molecule is O[C@@H]1CCC[C@]12CCCN(c1nccs1)C2. The van der Waals surface area contributed by atoms with Gasteiger partial charge in [-0.2, -0.15) is 0 Å². The Morgan fingerprint density at radius 1 is 1.44 bits per heavy atom. The average Bonchev–Trinajstić information content (AvgIpc) is 2.91. The molecule has 2 heterocycles. The molecule has 1 aliphatic heterocycles. The van der Waals surface area contributed by atoms with Crippen LogP contribution in [0.1, 0.15) is 32.1 Å². The quantitative estimate of drug-likeness (QED) is 0.815. The smallest absolute Gasteiger partial charge is 0.185 e. The van der Waals surface area contributed by atoms with Crippen LogP contribution in [0, 0.1) is 5.41 Å². The molecule has 2 aliphatic rings. The highest BCUT2D eigenvalue weighted by molar-refractivity contribution is 7.13. The lowest BCUT2D eigenvalue weighted by Gasteiger charge is -2.42.